The molecule has 0 bridgehead atoms. The van der Waals surface area contributed by atoms with E-state index in [0.717, 1.165) is 37.4 Å². The molecule has 0 spiro atoms. The first kappa shape index (κ1) is 30.7. The Morgan fingerprint density at radius 2 is 1.77 bits per heavy atom. The molecule has 9 heteroatoms. The quantitative estimate of drug-likeness (QED) is 0.341. The van der Waals surface area contributed by atoms with Crippen molar-refractivity contribution in [3.8, 4) is 0 Å². The van der Waals surface area contributed by atoms with E-state index in [9.17, 15) is 23.5 Å². The molecule has 0 aliphatic carbocycles. The molecule has 0 radical (unpaired) electrons. The van der Waals surface area contributed by atoms with E-state index in [1.165, 1.54) is 17.7 Å². The highest BCUT2D eigenvalue weighted by atomic mass is 19.1. The highest BCUT2D eigenvalue weighted by Gasteiger charge is 2.32. The van der Waals surface area contributed by atoms with Crippen LogP contribution in [0.2, 0.25) is 0 Å². The lowest BCUT2D eigenvalue weighted by atomic mass is 10.00. The minimum atomic E-state index is -1.02. The van der Waals surface area contributed by atoms with E-state index in [1.807, 2.05) is 21.9 Å². The lowest BCUT2D eigenvalue weighted by Crippen LogP contribution is -2.58. The van der Waals surface area contributed by atoms with Gasteiger partial charge in [0, 0.05) is 38.8 Å². The van der Waals surface area contributed by atoms with Crippen molar-refractivity contribution in [1.29, 1.82) is 0 Å². The maximum Gasteiger partial charge on any atom is 0.237 e. The van der Waals surface area contributed by atoms with Crippen molar-refractivity contribution in [3.05, 3.63) is 70.8 Å². The Kier molecular flexibility index (Phi) is 11.8. The average Bonchev–Trinajstić information content (AvgIpc) is 2.91. The maximum absolute atomic E-state index is 13.9. The first-order valence-corrected chi connectivity index (χ1v) is 13.9. The average molecular weight is 545 g/mol. The van der Waals surface area contributed by atoms with Crippen molar-refractivity contribution in [1.82, 2.24) is 20.4 Å². The number of unbranched alkanes of at least 4 members (excludes halogenated alkanes) is 1. The molecule has 7 nitrogen and oxygen atoms in total. The number of aryl methyl sites for hydroxylation is 1. The number of carbonyl (C=O) groups excluding carboxylic acids is 2. The number of hydrogen-bond donors (Lipinski definition) is 3. The van der Waals surface area contributed by atoms with E-state index < -0.39 is 29.8 Å². The van der Waals surface area contributed by atoms with E-state index >= 15 is 0 Å². The Balaban J connectivity index is 1.65. The second kappa shape index (κ2) is 15.1. The Labute approximate surface area is 230 Å². The zero-order valence-corrected chi connectivity index (χ0v) is 23.3. The molecule has 0 aromatic heterocycles. The summed E-state index contributed by atoms with van der Waals surface area (Å²) in [5.74, 6) is -1.78. The van der Waals surface area contributed by atoms with E-state index in [4.69, 9.17) is 0 Å². The Morgan fingerprint density at radius 3 is 2.44 bits per heavy atom. The third-order valence-electron chi connectivity index (χ3n) is 7.31. The molecule has 1 saturated heterocycles. The van der Waals surface area contributed by atoms with E-state index in [1.54, 1.807) is 6.92 Å². The number of hydrogen-bond acceptors (Lipinski definition) is 5. The molecule has 1 heterocycles. The third-order valence-corrected chi connectivity index (χ3v) is 7.31. The lowest BCUT2D eigenvalue weighted by Gasteiger charge is -2.37. The van der Waals surface area contributed by atoms with Gasteiger partial charge in [-0.2, -0.15) is 0 Å². The zero-order chi connectivity index (χ0) is 28.4. The number of carbonyl (C=O) groups is 2. The number of piperazine rings is 1. The molecule has 2 aromatic rings. The standard InChI is InChI=1S/C30H42F2N4O3/c1-4-6-10-35-11-12-36(20-29(35)38)21(3)30(39)34-27(16-24-14-25(31)17-26(32)15-24)28(37)19-33-18-23-9-7-8-22(5-2)13-23/h7-9,13-15,17,21,27-28,33,37H,4-6,10-12,16,18-20H2,1-3H3,(H,34,39)/t21-,27+,28-/m1/s1. The first-order chi connectivity index (χ1) is 18.7. The maximum atomic E-state index is 13.9. The number of aliphatic hydroxyl groups excluding tert-OH is 1. The summed E-state index contributed by atoms with van der Waals surface area (Å²) in [7, 11) is 0. The number of aliphatic hydroxyl groups is 1. The van der Waals surface area contributed by atoms with E-state index in [-0.39, 0.29) is 31.3 Å². The van der Waals surface area contributed by atoms with Gasteiger partial charge in [-0.25, -0.2) is 8.78 Å². The summed E-state index contributed by atoms with van der Waals surface area (Å²) in [6.45, 7) is 8.60. The third kappa shape index (κ3) is 9.37. The molecule has 1 aliphatic heterocycles. The van der Waals surface area contributed by atoms with Crippen LogP contribution >= 0.6 is 0 Å². The van der Waals surface area contributed by atoms with Gasteiger partial charge in [0.05, 0.1) is 24.7 Å². The topological polar surface area (TPSA) is 84.9 Å². The molecule has 39 heavy (non-hydrogen) atoms. The summed E-state index contributed by atoms with van der Waals surface area (Å²) in [6.07, 6.45) is 1.90. The molecule has 3 N–H and O–H groups in total. The van der Waals surface area contributed by atoms with Crippen LogP contribution in [0.1, 0.15) is 50.3 Å². The van der Waals surface area contributed by atoms with Crippen LogP contribution in [0.5, 0.6) is 0 Å². The summed E-state index contributed by atoms with van der Waals surface area (Å²) >= 11 is 0. The SMILES string of the molecule is CCCCN1CCN([C@H](C)C(=O)N[C@@H](Cc2cc(F)cc(F)c2)[C@H](O)CNCc2cccc(CC)c2)CC1=O. The molecule has 1 aliphatic rings. The molecule has 2 aromatic carbocycles. The molecule has 0 unspecified atom stereocenters. The molecule has 214 valence electrons. The van der Waals surface area contributed by atoms with Gasteiger partial charge < -0.3 is 20.6 Å². The zero-order valence-electron chi connectivity index (χ0n) is 23.3. The molecular weight excluding hydrogens is 502 g/mol. The fraction of sp³-hybridized carbons (Fsp3) is 0.533. The predicted octanol–water partition coefficient (Wildman–Crippen LogP) is 3.04. The fourth-order valence-corrected chi connectivity index (χ4v) is 4.84. The molecule has 3 rings (SSSR count). The molecule has 0 saturated carbocycles. The summed E-state index contributed by atoms with van der Waals surface area (Å²) in [6, 6.07) is 9.94. The number of nitrogens with one attached hydrogen (secondary N) is 2. The van der Waals surface area contributed by atoms with Gasteiger partial charge in [0.1, 0.15) is 11.6 Å². The van der Waals surface area contributed by atoms with Gasteiger partial charge in [0.2, 0.25) is 11.8 Å². The summed E-state index contributed by atoms with van der Waals surface area (Å²) in [4.78, 5) is 29.5. The van der Waals surface area contributed by atoms with E-state index in [0.29, 0.717) is 25.2 Å². The van der Waals surface area contributed by atoms with Gasteiger partial charge in [-0.05, 0) is 55.0 Å². The second-order valence-electron chi connectivity index (χ2n) is 10.3. The minimum absolute atomic E-state index is 0.00230. The Morgan fingerprint density at radius 1 is 1.05 bits per heavy atom. The smallest absolute Gasteiger partial charge is 0.237 e. The Bertz CT molecular complexity index is 1080. The highest BCUT2D eigenvalue weighted by molar-refractivity contribution is 5.84. The van der Waals surface area contributed by atoms with Crippen molar-refractivity contribution in [2.24, 2.45) is 0 Å². The molecule has 3 atom stereocenters. The van der Waals surface area contributed by atoms with Gasteiger partial charge in [0.15, 0.2) is 0 Å². The molecule has 1 fully saturated rings. The van der Waals surface area contributed by atoms with Crippen molar-refractivity contribution in [2.45, 2.75) is 71.2 Å². The number of nitrogens with zero attached hydrogens (tertiary/aromatic N) is 2. The van der Waals surface area contributed by atoms with Gasteiger partial charge in [-0.1, -0.05) is 44.5 Å². The normalized spacial score (nSPS) is 16.7. The van der Waals surface area contributed by atoms with Crippen LogP contribution in [-0.4, -0.2) is 77.6 Å². The summed E-state index contributed by atoms with van der Waals surface area (Å²) < 4.78 is 27.7. The van der Waals surface area contributed by atoms with Crippen LogP contribution in [0.15, 0.2) is 42.5 Å². The van der Waals surface area contributed by atoms with Crippen LogP contribution in [0.25, 0.3) is 0 Å². The van der Waals surface area contributed by atoms with Gasteiger partial charge in [-0.15, -0.1) is 0 Å². The lowest BCUT2D eigenvalue weighted by molar-refractivity contribution is -0.139. The summed E-state index contributed by atoms with van der Waals surface area (Å²) in [5.41, 5.74) is 2.62. The number of amides is 2. The van der Waals surface area contributed by atoms with Crippen molar-refractivity contribution >= 4 is 11.8 Å². The number of halogens is 2. The fourth-order valence-electron chi connectivity index (χ4n) is 4.84. The van der Waals surface area contributed by atoms with Crippen LogP contribution in [0.4, 0.5) is 8.78 Å². The van der Waals surface area contributed by atoms with Gasteiger partial charge in [0.25, 0.3) is 0 Å². The van der Waals surface area contributed by atoms with Gasteiger partial charge in [-0.3, -0.25) is 14.5 Å². The van der Waals surface area contributed by atoms with Crippen molar-refractivity contribution in [2.75, 3.05) is 32.7 Å². The minimum Gasteiger partial charge on any atom is -0.390 e. The van der Waals surface area contributed by atoms with Crippen molar-refractivity contribution < 1.29 is 23.5 Å². The van der Waals surface area contributed by atoms with Gasteiger partial charge >= 0.3 is 0 Å². The van der Waals surface area contributed by atoms with Crippen LogP contribution in [-0.2, 0) is 29.0 Å². The van der Waals surface area contributed by atoms with Crippen LogP contribution < -0.4 is 10.6 Å². The second-order valence-corrected chi connectivity index (χ2v) is 10.3. The van der Waals surface area contributed by atoms with E-state index in [2.05, 4.69) is 36.6 Å². The highest BCUT2D eigenvalue weighted by Crippen LogP contribution is 2.14. The number of rotatable bonds is 14. The Hall–Kier alpha value is -2.88. The number of benzene rings is 2. The molecule has 2 amide bonds. The summed E-state index contributed by atoms with van der Waals surface area (Å²) in [5, 5.41) is 17.2. The predicted molar refractivity (Wildman–Crippen MR) is 148 cm³/mol. The van der Waals surface area contributed by atoms with Crippen molar-refractivity contribution in [3.63, 3.8) is 0 Å². The van der Waals surface area contributed by atoms with Crippen LogP contribution in [0.3, 0.4) is 0 Å². The van der Waals surface area contributed by atoms with Crippen LogP contribution in [0, 0.1) is 11.6 Å². The molecular formula is C30H42F2N4O3. The first-order valence-electron chi connectivity index (χ1n) is 13.9. The monoisotopic (exact) mass is 544 g/mol. The largest absolute Gasteiger partial charge is 0.390 e.